The summed E-state index contributed by atoms with van der Waals surface area (Å²) in [4.78, 5) is 0. The molecule has 0 amide bonds. The van der Waals surface area contributed by atoms with Crippen molar-refractivity contribution in [2.45, 2.75) is 70.6 Å². The predicted molar refractivity (Wildman–Crippen MR) is 86.5 cm³/mol. The van der Waals surface area contributed by atoms with E-state index >= 15 is 0 Å². The van der Waals surface area contributed by atoms with Gasteiger partial charge in [-0.05, 0) is 61.6 Å². The van der Waals surface area contributed by atoms with Gasteiger partial charge in [-0.25, -0.2) is 0 Å². The highest BCUT2D eigenvalue weighted by Crippen LogP contribution is 2.43. The lowest BCUT2D eigenvalue weighted by Gasteiger charge is -2.21. The lowest BCUT2D eigenvalue weighted by Crippen LogP contribution is -2.19. The molecule has 0 heterocycles. The standard InChI is InChI=1S/C19H25F3O2/c1-13-16(15-8-4-5-9-15)10-11-17(18(13)24-19(20,21)22)23-12-14-6-2-3-7-14/h10-11,14-15H,2-9,12H2,1H3. The Morgan fingerprint density at radius 2 is 1.62 bits per heavy atom. The summed E-state index contributed by atoms with van der Waals surface area (Å²) in [6.45, 7) is 2.19. The molecule has 2 saturated carbocycles. The van der Waals surface area contributed by atoms with Gasteiger partial charge in [-0.2, -0.15) is 0 Å². The summed E-state index contributed by atoms with van der Waals surface area (Å²) in [7, 11) is 0. The van der Waals surface area contributed by atoms with Crippen LogP contribution in [0.2, 0.25) is 0 Å². The summed E-state index contributed by atoms with van der Waals surface area (Å²) in [6, 6.07) is 3.59. The lowest BCUT2D eigenvalue weighted by molar-refractivity contribution is -0.275. The van der Waals surface area contributed by atoms with Gasteiger partial charge in [0.1, 0.15) is 0 Å². The molecule has 0 atom stereocenters. The lowest BCUT2D eigenvalue weighted by atomic mass is 9.92. The zero-order valence-corrected chi connectivity index (χ0v) is 14.1. The van der Waals surface area contributed by atoms with Crippen LogP contribution in [0, 0.1) is 12.8 Å². The second-order valence-electron chi connectivity index (χ2n) is 7.10. The van der Waals surface area contributed by atoms with E-state index in [1.807, 2.05) is 6.07 Å². The van der Waals surface area contributed by atoms with Crippen LogP contribution in [0.25, 0.3) is 0 Å². The fraction of sp³-hybridized carbons (Fsp3) is 0.684. The number of ether oxygens (including phenoxy) is 2. The summed E-state index contributed by atoms with van der Waals surface area (Å²) in [5, 5.41) is 0. The first-order valence-electron chi connectivity index (χ1n) is 8.96. The molecule has 0 bridgehead atoms. The molecule has 0 spiro atoms. The molecule has 134 valence electrons. The van der Waals surface area contributed by atoms with Crippen LogP contribution in [-0.2, 0) is 0 Å². The van der Waals surface area contributed by atoms with Gasteiger partial charge in [0.2, 0.25) is 0 Å². The van der Waals surface area contributed by atoms with Crippen molar-refractivity contribution in [3.8, 4) is 11.5 Å². The number of halogens is 3. The molecule has 2 fully saturated rings. The average Bonchev–Trinajstić information content (AvgIpc) is 3.19. The Bertz CT molecular complexity index is 556. The number of benzene rings is 1. The van der Waals surface area contributed by atoms with Gasteiger partial charge in [0.05, 0.1) is 6.61 Å². The second kappa shape index (κ2) is 7.24. The zero-order valence-electron chi connectivity index (χ0n) is 14.1. The summed E-state index contributed by atoms with van der Waals surface area (Å²) in [5.74, 6) is 0.853. The van der Waals surface area contributed by atoms with E-state index < -0.39 is 6.36 Å². The van der Waals surface area contributed by atoms with Gasteiger partial charge in [0, 0.05) is 0 Å². The minimum Gasteiger partial charge on any atom is -0.489 e. The van der Waals surface area contributed by atoms with Crippen LogP contribution in [0.15, 0.2) is 12.1 Å². The van der Waals surface area contributed by atoms with Crippen LogP contribution in [-0.4, -0.2) is 13.0 Å². The molecule has 5 heteroatoms. The molecule has 2 aliphatic carbocycles. The molecular formula is C19H25F3O2. The van der Waals surface area contributed by atoms with Crippen molar-refractivity contribution in [3.05, 3.63) is 23.3 Å². The van der Waals surface area contributed by atoms with E-state index in [9.17, 15) is 13.2 Å². The Hall–Kier alpha value is -1.39. The van der Waals surface area contributed by atoms with E-state index in [0.29, 0.717) is 24.0 Å². The third-order valence-corrected chi connectivity index (χ3v) is 5.37. The average molecular weight is 342 g/mol. The van der Waals surface area contributed by atoms with E-state index in [1.54, 1.807) is 13.0 Å². The van der Waals surface area contributed by atoms with Crippen molar-refractivity contribution >= 4 is 0 Å². The summed E-state index contributed by atoms with van der Waals surface area (Å²) >= 11 is 0. The van der Waals surface area contributed by atoms with E-state index in [1.165, 1.54) is 12.8 Å². The SMILES string of the molecule is Cc1c(C2CCCC2)ccc(OCC2CCCC2)c1OC(F)(F)F. The van der Waals surface area contributed by atoms with Crippen LogP contribution in [0.5, 0.6) is 11.5 Å². The third kappa shape index (κ3) is 4.17. The first-order valence-corrected chi connectivity index (χ1v) is 8.96. The Morgan fingerprint density at radius 1 is 1.00 bits per heavy atom. The van der Waals surface area contributed by atoms with Crippen LogP contribution in [0.3, 0.4) is 0 Å². The van der Waals surface area contributed by atoms with Gasteiger partial charge in [-0.1, -0.05) is 31.7 Å². The van der Waals surface area contributed by atoms with Gasteiger partial charge in [-0.15, -0.1) is 13.2 Å². The molecule has 0 aliphatic heterocycles. The maximum absolute atomic E-state index is 12.9. The molecule has 1 aromatic carbocycles. The Kier molecular flexibility index (Phi) is 5.26. The van der Waals surface area contributed by atoms with E-state index in [-0.39, 0.29) is 11.5 Å². The molecule has 0 N–H and O–H groups in total. The fourth-order valence-corrected chi connectivity index (χ4v) is 4.10. The molecule has 2 aliphatic rings. The molecule has 3 rings (SSSR count). The quantitative estimate of drug-likeness (QED) is 0.642. The molecule has 1 aromatic rings. The summed E-state index contributed by atoms with van der Waals surface area (Å²) < 4.78 is 48.7. The molecule has 0 unspecified atom stereocenters. The first kappa shape index (κ1) is 17.4. The molecule has 0 radical (unpaired) electrons. The number of hydrogen-bond donors (Lipinski definition) is 0. The van der Waals surface area contributed by atoms with Crippen molar-refractivity contribution in [2.24, 2.45) is 5.92 Å². The molecule has 0 saturated heterocycles. The zero-order chi connectivity index (χ0) is 17.2. The Balaban J connectivity index is 1.83. The van der Waals surface area contributed by atoms with Crippen molar-refractivity contribution < 1.29 is 22.6 Å². The highest BCUT2D eigenvalue weighted by molar-refractivity contribution is 5.51. The normalized spacial score (nSPS) is 19.8. The molecular weight excluding hydrogens is 317 g/mol. The maximum atomic E-state index is 12.9. The van der Waals surface area contributed by atoms with Gasteiger partial charge >= 0.3 is 6.36 Å². The smallest absolute Gasteiger partial charge is 0.489 e. The third-order valence-electron chi connectivity index (χ3n) is 5.37. The van der Waals surface area contributed by atoms with Crippen molar-refractivity contribution in [3.63, 3.8) is 0 Å². The summed E-state index contributed by atoms with van der Waals surface area (Å²) in [6.07, 6.45) is 4.19. The molecule has 24 heavy (non-hydrogen) atoms. The highest BCUT2D eigenvalue weighted by Gasteiger charge is 2.34. The fourth-order valence-electron chi connectivity index (χ4n) is 4.10. The van der Waals surface area contributed by atoms with E-state index in [4.69, 9.17) is 4.74 Å². The second-order valence-corrected chi connectivity index (χ2v) is 7.10. The minimum atomic E-state index is -4.70. The van der Waals surface area contributed by atoms with Crippen LogP contribution < -0.4 is 9.47 Å². The van der Waals surface area contributed by atoms with Gasteiger partial charge in [0.25, 0.3) is 0 Å². The van der Waals surface area contributed by atoms with Crippen molar-refractivity contribution in [2.75, 3.05) is 6.61 Å². The highest BCUT2D eigenvalue weighted by atomic mass is 19.4. The topological polar surface area (TPSA) is 18.5 Å². The molecule has 0 aromatic heterocycles. The van der Waals surface area contributed by atoms with Crippen molar-refractivity contribution in [1.82, 2.24) is 0 Å². The minimum absolute atomic E-state index is 0.148. The number of rotatable bonds is 5. The van der Waals surface area contributed by atoms with Gasteiger partial charge < -0.3 is 9.47 Å². The van der Waals surface area contributed by atoms with Crippen LogP contribution >= 0.6 is 0 Å². The van der Waals surface area contributed by atoms with Crippen LogP contribution in [0.1, 0.15) is 68.4 Å². The number of alkyl halides is 3. The number of hydrogen-bond acceptors (Lipinski definition) is 2. The predicted octanol–water partition coefficient (Wildman–Crippen LogP) is 6.12. The van der Waals surface area contributed by atoms with Crippen molar-refractivity contribution in [1.29, 1.82) is 0 Å². The van der Waals surface area contributed by atoms with E-state index in [0.717, 1.165) is 44.1 Å². The largest absolute Gasteiger partial charge is 0.573 e. The monoisotopic (exact) mass is 342 g/mol. The Morgan fingerprint density at radius 3 is 2.25 bits per heavy atom. The van der Waals surface area contributed by atoms with Gasteiger partial charge in [-0.3, -0.25) is 0 Å². The van der Waals surface area contributed by atoms with E-state index in [2.05, 4.69) is 4.74 Å². The first-order chi connectivity index (χ1) is 11.4. The van der Waals surface area contributed by atoms with Gasteiger partial charge in [0.15, 0.2) is 11.5 Å². The summed E-state index contributed by atoms with van der Waals surface area (Å²) in [5.41, 5.74) is 1.54. The maximum Gasteiger partial charge on any atom is 0.573 e. The molecule has 2 nitrogen and oxygen atoms in total. The van der Waals surface area contributed by atoms with Crippen LogP contribution in [0.4, 0.5) is 13.2 Å². The Labute approximate surface area is 141 Å².